The zero-order valence-electron chi connectivity index (χ0n) is 17.5. The summed E-state index contributed by atoms with van der Waals surface area (Å²) in [7, 11) is 1.45. The Kier molecular flexibility index (Phi) is 8.30. The first-order valence-electron chi connectivity index (χ1n) is 9.76. The Morgan fingerprint density at radius 2 is 1.71 bits per heavy atom. The van der Waals surface area contributed by atoms with Gasteiger partial charge in [0.15, 0.2) is 0 Å². The molecule has 2 rings (SSSR count). The molecular formula is C22H25F3N2O4. The van der Waals surface area contributed by atoms with Crippen molar-refractivity contribution in [1.29, 1.82) is 0 Å². The monoisotopic (exact) mass is 438 g/mol. The Hall–Kier alpha value is -3.23. The molecule has 2 aromatic rings. The van der Waals surface area contributed by atoms with Crippen LogP contribution in [-0.4, -0.2) is 25.7 Å². The lowest BCUT2D eigenvalue weighted by Gasteiger charge is -2.16. The van der Waals surface area contributed by atoms with E-state index in [0.29, 0.717) is 30.9 Å². The number of alkyl halides is 3. The lowest BCUT2D eigenvalue weighted by molar-refractivity contribution is -0.148. The third kappa shape index (κ3) is 6.91. The van der Waals surface area contributed by atoms with Gasteiger partial charge in [0.25, 0.3) is 0 Å². The molecule has 0 aliphatic rings. The van der Waals surface area contributed by atoms with E-state index in [2.05, 4.69) is 10.6 Å². The van der Waals surface area contributed by atoms with E-state index >= 15 is 0 Å². The third-order valence-corrected chi connectivity index (χ3v) is 4.58. The molecule has 0 heterocycles. The standard InChI is InChI=1S/C22H25F3N2O4/c1-4-15(20(28)31-5-2)12-14-6-11-19(30-3)18(13-14)27-21(29)26-17-9-7-16(8-10-17)22(23,24)25/h6-11,13,15H,4-5,12H2,1-3H3,(H2,26,27,29). The molecule has 168 valence electrons. The second kappa shape index (κ2) is 10.7. The molecule has 1 unspecified atom stereocenters. The van der Waals surface area contributed by atoms with Gasteiger partial charge in [-0.15, -0.1) is 0 Å². The summed E-state index contributed by atoms with van der Waals surface area (Å²) in [5, 5.41) is 5.11. The summed E-state index contributed by atoms with van der Waals surface area (Å²) in [6, 6.07) is 8.61. The van der Waals surface area contributed by atoms with Crippen LogP contribution >= 0.6 is 0 Å². The fourth-order valence-corrected chi connectivity index (χ4v) is 2.95. The summed E-state index contributed by atoms with van der Waals surface area (Å²) in [6.07, 6.45) is -3.43. The van der Waals surface area contributed by atoms with Gasteiger partial charge in [-0.3, -0.25) is 4.79 Å². The minimum Gasteiger partial charge on any atom is -0.495 e. The highest BCUT2D eigenvalue weighted by Crippen LogP contribution is 2.30. The van der Waals surface area contributed by atoms with Crippen LogP contribution in [0.25, 0.3) is 0 Å². The van der Waals surface area contributed by atoms with E-state index in [1.807, 2.05) is 6.92 Å². The number of methoxy groups -OCH3 is 1. The topological polar surface area (TPSA) is 76.7 Å². The zero-order chi connectivity index (χ0) is 23.0. The van der Waals surface area contributed by atoms with Crippen LogP contribution in [0.3, 0.4) is 0 Å². The molecule has 2 amide bonds. The van der Waals surface area contributed by atoms with Crippen LogP contribution in [0.1, 0.15) is 31.4 Å². The van der Waals surface area contributed by atoms with E-state index in [1.54, 1.807) is 25.1 Å². The number of carbonyl (C=O) groups is 2. The lowest BCUT2D eigenvalue weighted by atomic mass is 9.96. The Labute approximate surface area is 178 Å². The number of amides is 2. The maximum absolute atomic E-state index is 12.7. The fraction of sp³-hybridized carbons (Fsp3) is 0.364. The van der Waals surface area contributed by atoms with E-state index in [-0.39, 0.29) is 17.6 Å². The van der Waals surface area contributed by atoms with Crippen molar-refractivity contribution in [3.05, 3.63) is 53.6 Å². The first-order valence-corrected chi connectivity index (χ1v) is 9.76. The minimum absolute atomic E-state index is 0.203. The number of nitrogens with one attached hydrogen (secondary N) is 2. The summed E-state index contributed by atoms with van der Waals surface area (Å²) in [6.45, 7) is 3.94. The van der Waals surface area contributed by atoms with Crippen molar-refractivity contribution in [2.45, 2.75) is 32.9 Å². The quantitative estimate of drug-likeness (QED) is 0.535. The molecule has 0 bridgehead atoms. The lowest BCUT2D eigenvalue weighted by Crippen LogP contribution is -2.21. The van der Waals surface area contributed by atoms with Crippen LogP contribution in [-0.2, 0) is 22.1 Å². The maximum Gasteiger partial charge on any atom is 0.416 e. The molecule has 6 nitrogen and oxygen atoms in total. The number of ether oxygens (including phenoxy) is 2. The highest BCUT2D eigenvalue weighted by atomic mass is 19.4. The summed E-state index contributed by atoms with van der Waals surface area (Å²) >= 11 is 0. The second-order valence-electron chi connectivity index (χ2n) is 6.75. The molecule has 0 saturated heterocycles. The normalized spacial score (nSPS) is 12.1. The van der Waals surface area contributed by atoms with Gasteiger partial charge in [0.2, 0.25) is 0 Å². The molecule has 2 N–H and O–H groups in total. The predicted molar refractivity (Wildman–Crippen MR) is 111 cm³/mol. The van der Waals surface area contributed by atoms with Crippen LogP contribution in [0.4, 0.5) is 29.3 Å². The number of halogens is 3. The van der Waals surface area contributed by atoms with Gasteiger partial charge in [-0.25, -0.2) is 4.79 Å². The number of rotatable bonds is 8. The van der Waals surface area contributed by atoms with E-state index in [0.717, 1.165) is 17.7 Å². The molecule has 1 atom stereocenters. The number of hydrogen-bond acceptors (Lipinski definition) is 4. The third-order valence-electron chi connectivity index (χ3n) is 4.58. The van der Waals surface area contributed by atoms with Gasteiger partial charge in [-0.2, -0.15) is 13.2 Å². The van der Waals surface area contributed by atoms with Crippen molar-refractivity contribution in [2.75, 3.05) is 24.4 Å². The van der Waals surface area contributed by atoms with Crippen LogP contribution in [0.2, 0.25) is 0 Å². The minimum atomic E-state index is -4.45. The van der Waals surface area contributed by atoms with Crippen molar-refractivity contribution in [3.8, 4) is 5.75 Å². The van der Waals surface area contributed by atoms with E-state index in [9.17, 15) is 22.8 Å². The van der Waals surface area contributed by atoms with Crippen molar-refractivity contribution < 1.29 is 32.2 Å². The molecule has 31 heavy (non-hydrogen) atoms. The zero-order valence-corrected chi connectivity index (χ0v) is 17.5. The average Bonchev–Trinajstić information content (AvgIpc) is 2.72. The Bertz CT molecular complexity index is 899. The summed E-state index contributed by atoms with van der Waals surface area (Å²) < 4.78 is 48.3. The number of esters is 1. The molecule has 9 heteroatoms. The van der Waals surface area contributed by atoms with Gasteiger partial charge in [0.05, 0.1) is 30.9 Å². The molecule has 0 aliphatic carbocycles. The summed E-state index contributed by atoms with van der Waals surface area (Å²) in [4.78, 5) is 24.4. The number of hydrogen-bond donors (Lipinski definition) is 2. The molecule has 0 aliphatic heterocycles. The summed E-state index contributed by atoms with van der Waals surface area (Å²) in [5.74, 6) is -0.201. The second-order valence-corrected chi connectivity index (χ2v) is 6.75. The number of anilines is 2. The molecule has 0 saturated carbocycles. The molecule has 0 spiro atoms. The number of carbonyl (C=O) groups excluding carboxylic acids is 2. The van der Waals surface area contributed by atoms with Crippen molar-refractivity contribution >= 4 is 23.4 Å². The van der Waals surface area contributed by atoms with Gasteiger partial charge in [0.1, 0.15) is 5.75 Å². The Morgan fingerprint density at radius 3 is 2.26 bits per heavy atom. The maximum atomic E-state index is 12.7. The van der Waals surface area contributed by atoms with Crippen LogP contribution in [0.5, 0.6) is 5.75 Å². The number of urea groups is 1. The average molecular weight is 438 g/mol. The molecule has 2 aromatic carbocycles. The Balaban J connectivity index is 2.11. The van der Waals surface area contributed by atoms with E-state index in [4.69, 9.17) is 9.47 Å². The smallest absolute Gasteiger partial charge is 0.416 e. The van der Waals surface area contributed by atoms with Crippen LogP contribution in [0, 0.1) is 5.92 Å². The van der Waals surface area contributed by atoms with Gasteiger partial charge >= 0.3 is 18.2 Å². The van der Waals surface area contributed by atoms with E-state index in [1.165, 1.54) is 19.2 Å². The SMILES string of the molecule is CCOC(=O)C(CC)Cc1ccc(OC)c(NC(=O)Nc2ccc(C(F)(F)F)cc2)c1. The van der Waals surface area contributed by atoms with Gasteiger partial charge in [-0.05, 0) is 61.7 Å². The molecule has 0 fully saturated rings. The molecule has 0 radical (unpaired) electrons. The molecular weight excluding hydrogens is 413 g/mol. The van der Waals surface area contributed by atoms with Gasteiger partial charge in [-0.1, -0.05) is 13.0 Å². The Morgan fingerprint density at radius 1 is 1.03 bits per heavy atom. The fourth-order valence-electron chi connectivity index (χ4n) is 2.95. The highest BCUT2D eigenvalue weighted by molar-refractivity contribution is 6.00. The van der Waals surface area contributed by atoms with Gasteiger partial charge < -0.3 is 20.1 Å². The number of benzene rings is 2. The van der Waals surface area contributed by atoms with Crippen LogP contribution in [0.15, 0.2) is 42.5 Å². The first-order chi connectivity index (χ1) is 14.7. The largest absolute Gasteiger partial charge is 0.495 e. The van der Waals surface area contributed by atoms with Crippen molar-refractivity contribution in [2.24, 2.45) is 5.92 Å². The first kappa shape index (κ1) is 24.0. The summed E-state index contributed by atoms with van der Waals surface area (Å²) in [5.41, 5.74) is 0.558. The van der Waals surface area contributed by atoms with Gasteiger partial charge in [0, 0.05) is 5.69 Å². The molecule has 0 aromatic heterocycles. The van der Waals surface area contributed by atoms with Crippen molar-refractivity contribution in [1.82, 2.24) is 0 Å². The van der Waals surface area contributed by atoms with E-state index < -0.39 is 17.8 Å². The van der Waals surface area contributed by atoms with Crippen LogP contribution < -0.4 is 15.4 Å². The highest BCUT2D eigenvalue weighted by Gasteiger charge is 2.30. The predicted octanol–water partition coefficient (Wildman–Crippen LogP) is 5.49. The van der Waals surface area contributed by atoms with Crippen molar-refractivity contribution in [3.63, 3.8) is 0 Å².